The highest BCUT2D eigenvalue weighted by Gasteiger charge is 2.29. The fraction of sp³-hybridized carbons (Fsp3) is 0.684. The van der Waals surface area contributed by atoms with Gasteiger partial charge >= 0.3 is 0 Å². The number of quaternary nitrogens is 1. The predicted molar refractivity (Wildman–Crippen MR) is 92.3 cm³/mol. The van der Waals surface area contributed by atoms with Crippen molar-refractivity contribution >= 4 is 5.69 Å². The molecule has 0 heterocycles. The maximum atomic E-state index is 2.36. The van der Waals surface area contributed by atoms with Crippen molar-refractivity contribution in [3.63, 3.8) is 0 Å². The Kier molecular flexibility index (Phi) is 7.91. The summed E-state index contributed by atoms with van der Waals surface area (Å²) < 4.78 is 1.20. The zero-order valence-electron chi connectivity index (χ0n) is 14.1. The molecule has 1 aromatic rings. The monoisotopic (exact) mass is 276 g/mol. The van der Waals surface area contributed by atoms with Gasteiger partial charge in [0.1, 0.15) is 5.69 Å². The Morgan fingerprint density at radius 3 is 1.95 bits per heavy atom. The number of unbranched alkanes of at least 4 members (excludes halogenated alkanes) is 3. The first-order valence-electron chi connectivity index (χ1n) is 8.62. The SMILES string of the molecule is CCCCCC[N+](CCC)(CCC)c1ccccc1C. The van der Waals surface area contributed by atoms with E-state index in [4.69, 9.17) is 0 Å². The van der Waals surface area contributed by atoms with E-state index in [1.165, 1.54) is 68.2 Å². The lowest BCUT2D eigenvalue weighted by Crippen LogP contribution is -2.51. The molecule has 114 valence electrons. The van der Waals surface area contributed by atoms with E-state index in [9.17, 15) is 0 Å². The molecule has 0 bridgehead atoms. The summed E-state index contributed by atoms with van der Waals surface area (Å²) in [6.07, 6.45) is 7.99. The second-order valence-corrected chi connectivity index (χ2v) is 6.16. The Balaban J connectivity index is 2.94. The van der Waals surface area contributed by atoms with Crippen LogP contribution in [0.1, 0.15) is 64.9 Å². The summed E-state index contributed by atoms with van der Waals surface area (Å²) in [5, 5.41) is 0. The van der Waals surface area contributed by atoms with Gasteiger partial charge in [-0.1, -0.05) is 51.8 Å². The average Bonchev–Trinajstić information content (AvgIpc) is 2.44. The van der Waals surface area contributed by atoms with E-state index >= 15 is 0 Å². The van der Waals surface area contributed by atoms with Crippen LogP contribution in [0.5, 0.6) is 0 Å². The Hall–Kier alpha value is -0.820. The van der Waals surface area contributed by atoms with E-state index in [1.807, 2.05) is 0 Å². The molecule has 1 rings (SSSR count). The maximum Gasteiger partial charge on any atom is 0.135 e. The molecule has 0 spiro atoms. The van der Waals surface area contributed by atoms with Crippen LogP contribution < -0.4 is 4.48 Å². The van der Waals surface area contributed by atoms with Gasteiger partial charge in [0.2, 0.25) is 0 Å². The lowest BCUT2D eigenvalue weighted by atomic mass is 10.1. The first-order valence-corrected chi connectivity index (χ1v) is 8.62. The van der Waals surface area contributed by atoms with E-state index in [-0.39, 0.29) is 0 Å². The second kappa shape index (κ2) is 9.18. The van der Waals surface area contributed by atoms with Crippen molar-refractivity contribution in [1.82, 2.24) is 4.48 Å². The number of rotatable bonds is 10. The van der Waals surface area contributed by atoms with Crippen LogP contribution in [0.3, 0.4) is 0 Å². The first kappa shape index (κ1) is 17.2. The van der Waals surface area contributed by atoms with Gasteiger partial charge in [-0.15, -0.1) is 0 Å². The van der Waals surface area contributed by atoms with Crippen molar-refractivity contribution in [1.29, 1.82) is 0 Å². The van der Waals surface area contributed by atoms with Crippen LogP contribution in [0.15, 0.2) is 24.3 Å². The molecule has 0 aliphatic heterocycles. The summed E-state index contributed by atoms with van der Waals surface area (Å²) in [4.78, 5) is 0. The quantitative estimate of drug-likeness (QED) is 0.380. The normalized spacial score (nSPS) is 11.8. The molecule has 1 nitrogen and oxygen atoms in total. The number of para-hydroxylation sites is 1. The highest BCUT2D eigenvalue weighted by atomic mass is 15.4. The van der Waals surface area contributed by atoms with E-state index in [1.54, 1.807) is 5.69 Å². The van der Waals surface area contributed by atoms with E-state index in [2.05, 4.69) is 52.0 Å². The van der Waals surface area contributed by atoms with Gasteiger partial charge in [-0.3, -0.25) is 4.48 Å². The molecule has 0 aliphatic carbocycles. The summed E-state index contributed by atoms with van der Waals surface area (Å²) in [6, 6.07) is 9.02. The van der Waals surface area contributed by atoms with Crippen molar-refractivity contribution in [2.24, 2.45) is 0 Å². The van der Waals surface area contributed by atoms with Gasteiger partial charge < -0.3 is 0 Å². The molecule has 0 N–H and O–H groups in total. The van der Waals surface area contributed by atoms with Crippen molar-refractivity contribution < 1.29 is 0 Å². The molecule has 0 fully saturated rings. The zero-order chi connectivity index (χ0) is 14.8. The van der Waals surface area contributed by atoms with Gasteiger partial charge in [0.25, 0.3) is 0 Å². The molecule has 0 amide bonds. The van der Waals surface area contributed by atoms with Crippen LogP contribution in [0.4, 0.5) is 5.69 Å². The molecule has 0 radical (unpaired) electrons. The molecular formula is C19H34N+. The third-order valence-electron chi connectivity index (χ3n) is 4.37. The van der Waals surface area contributed by atoms with Crippen LogP contribution in [0.2, 0.25) is 0 Å². The topological polar surface area (TPSA) is 0 Å². The second-order valence-electron chi connectivity index (χ2n) is 6.16. The molecule has 20 heavy (non-hydrogen) atoms. The Morgan fingerprint density at radius 2 is 1.40 bits per heavy atom. The molecule has 0 unspecified atom stereocenters. The van der Waals surface area contributed by atoms with Crippen LogP contribution in [-0.2, 0) is 0 Å². The summed E-state index contributed by atoms with van der Waals surface area (Å²) in [5.41, 5.74) is 3.03. The Labute approximate surface area is 126 Å². The molecule has 1 heteroatoms. The number of benzene rings is 1. The fourth-order valence-electron chi connectivity index (χ4n) is 3.49. The highest BCUT2D eigenvalue weighted by molar-refractivity contribution is 5.49. The average molecular weight is 276 g/mol. The van der Waals surface area contributed by atoms with Gasteiger partial charge in [-0.2, -0.15) is 0 Å². The molecular weight excluding hydrogens is 242 g/mol. The molecule has 0 aliphatic rings. The highest BCUT2D eigenvalue weighted by Crippen LogP contribution is 2.29. The fourth-order valence-corrected chi connectivity index (χ4v) is 3.49. The lowest BCUT2D eigenvalue weighted by Gasteiger charge is -2.39. The van der Waals surface area contributed by atoms with Crippen molar-refractivity contribution in [2.45, 2.75) is 66.2 Å². The Bertz CT molecular complexity index is 364. The molecule has 0 atom stereocenters. The minimum absolute atomic E-state index is 1.20. The predicted octanol–water partition coefficient (Wildman–Crippen LogP) is 5.70. The van der Waals surface area contributed by atoms with E-state index in [0.717, 1.165) is 0 Å². The van der Waals surface area contributed by atoms with Crippen LogP contribution in [-0.4, -0.2) is 19.6 Å². The number of nitrogens with zero attached hydrogens (tertiary/aromatic N) is 1. The summed E-state index contributed by atoms with van der Waals surface area (Å²) in [6.45, 7) is 13.1. The molecule has 0 saturated heterocycles. The van der Waals surface area contributed by atoms with E-state index < -0.39 is 0 Å². The molecule has 1 aromatic carbocycles. The van der Waals surface area contributed by atoms with Gasteiger partial charge in [0.15, 0.2) is 0 Å². The lowest BCUT2D eigenvalue weighted by molar-refractivity contribution is 0.265. The maximum absolute atomic E-state index is 2.36. The van der Waals surface area contributed by atoms with Gasteiger partial charge in [0, 0.05) is 5.56 Å². The van der Waals surface area contributed by atoms with E-state index in [0.29, 0.717) is 0 Å². The van der Waals surface area contributed by atoms with Gasteiger partial charge in [-0.05, 0) is 38.7 Å². The summed E-state index contributed by atoms with van der Waals surface area (Å²) >= 11 is 0. The van der Waals surface area contributed by atoms with Crippen LogP contribution in [0.25, 0.3) is 0 Å². The minimum Gasteiger partial charge on any atom is -0.291 e. The Morgan fingerprint density at radius 1 is 0.750 bits per heavy atom. The van der Waals surface area contributed by atoms with Crippen molar-refractivity contribution in [3.05, 3.63) is 29.8 Å². The summed E-state index contributed by atoms with van der Waals surface area (Å²) in [5.74, 6) is 0. The molecule has 0 saturated carbocycles. The number of hydrogen-bond acceptors (Lipinski definition) is 0. The third kappa shape index (κ3) is 4.63. The first-order chi connectivity index (χ1) is 9.70. The molecule has 0 aromatic heterocycles. The van der Waals surface area contributed by atoms with Gasteiger partial charge in [-0.25, -0.2) is 0 Å². The third-order valence-corrected chi connectivity index (χ3v) is 4.37. The zero-order valence-corrected chi connectivity index (χ0v) is 14.1. The van der Waals surface area contributed by atoms with Crippen LogP contribution >= 0.6 is 0 Å². The smallest absolute Gasteiger partial charge is 0.135 e. The minimum atomic E-state index is 1.20. The summed E-state index contributed by atoms with van der Waals surface area (Å²) in [7, 11) is 0. The van der Waals surface area contributed by atoms with Crippen molar-refractivity contribution in [2.75, 3.05) is 19.6 Å². The standard InChI is InChI=1S/C19H34N/c1-5-8-9-12-17-20(15-6-2,16-7-3)19-14-11-10-13-18(19)4/h10-11,13-14H,5-9,12,15-17H2,1-4H3/q+1. The van der Waals surface area contributed by atoms with Gasteiger partial charge in [0.05, 0.1) is 19.6 Å². The number of hydrogen-bond donors (Lipinski definition) is 0. The largest absolute Gasteiger partial charge is 0.291 e. The number of aryl methyl sites for hydroxylation is 1. The van der Waals surface area contributed by atoms with Crippen molar-refractivity contribution in [3.8, 4) is 0 Å². The van der Waals surface area contributed by atoms with Crippen LogP contribution in [0, 0.1) is 6.92 Å².